The Balaban J connectivity index is 4.02. The molecule has 0 aromatic heterocycles. The zero-order valence-corrected chi connectivity index (χ0v) is 7.17. The standard InChI is InChI=1S/C6H8O6S/c7-4(8)1-3(6(11)12)13-2-5(9)10/h3H,1-2H2,(H,7,8)(H,9,10)(H,11,12)/p-3/t3-/m0/s1. The first-order chi connectivity index (χ1) is 5.93. The minimum absolute atomic E-state index is 0.421. The maximum Gasteiger partial charge on any atom is 0.0548 e. The van der Waals surface area contributed by atoms with E-state index in [1.54, 1.807) is 0 Å². The molecule has 0 N–H and O–H groups in total. The van der Waals surface area contributed by atoms with Gasteiger partial charge in [0.25, 0.3) is 0 Å². The van der Waals surface area contributed by atoms with E-state index in [0.29, 0.717) is 11.8 Å². The normalized spacial score (nSPS) is 12.0. The summed E-state index contributed by atoms with van der Waals surface area (Å²) in [5.41, 5.74) is 0. The summed E-state index contributed by atoms with van der Waals surface area (Å²) in [5, 5.41) is 28.7. The van der Waals surface area contributed by atoms with Gasteiger partial charge in [-0.3, -0.25) is 0 Å². The van der Waals surface area contributed by atoms with Crippen LogP contribution in [0, 0.1) is 0 Å². The van der Waals surface area contributed by atoms with Crippen LogP contribution < -0.4 is 15.3 Å². The van der Waals surface area contributed by atoms with Crippen molar-refractivity contribution in [2.75, 3.05) is 5.75 Å². The van der Waals surface area contributed by atoms with Crippen molar-refractivity contribution in [1.29, 1.82) is 0 Å². The van der Waals surface area contributed by atoms with Crippen molar-refractivity contribution in [3.8, 4) is 0 Å². The number of thioether (sulfide) groups is 1. The van der Waals surface area contributed by atoms with Crippen molar-refractivity contribution in [2.24, 2.45) is 0 Å². The summed E-state index contributed by atoms with van der Waals surface area (Å²) in [6.45, 7) is 0. The Kier molecular flexibility index (Phi) is 4.90. The Morgan fingerprint density at radius 3 is 1.92 bits per heavy atom. The summed E-state index contributed by atoms with van der Waals surface area (Å²) in [7, 11) is 0. The number of carbonyl (C=O) groups excluding carboxylic acids is 3. The molecule has 0 radical (unpaired) electrons. The van der Waals surface area contributed by atoms with E-state index in [0.717, 1.165) is 0 Å². The average Bonchev–Trinajstić information content (AvgIpc) is 1.96. The van der Waals surface area contributed by atoms with E-state index < -0.39 is 35.3 Å². The van der Waals surface area contributed by atoms with Crippen molar-refractivity contribution in [1.82, 2.24) is 0 Å². The van der Waals surface area contributed by atoms with E-state index in [1.807, 2.05) is 0 Å². The molecule has 0 saturated heterocycles. The van der Waals surface area contributed by atoms with E-state index in [1.165, 1.54) is 0 Å². The Morgan fingerprint density at radius 1 is 1.08 bits per heavy atom. The third kappa shape index (κ3) is 5.97. The van der Waals surface area contributed by atoms with Gasteiger partial charge in [-0.2, -0.15) is 0 Å². The third-order valence-electron chi connectivity index (χ3n) is 1.02. The minimum atomic E-state index is -1.63. The molecule has 6 nitrogen and oxygen atoms in total. The van der Waals surface area contributed by atoms with Crippen LogP contribution in [0.2, 0.25) is 0 Å². The van der Waals surface area contributed by atoms with E-state index in [9.17, 15) is 29.7 Å². The van der Waals surface area contributed by atoms with Crippen LogP contribution in [0.4, 0.5) is 0 Å². The smallest absolute Gasteiger partial charge is 0.0548 e. The molecule has 0 aliphatic rings. The highest BCUT2D eigenvalue weighted by Gasteiger charge is 2.10. The molecule has 0 amide bonds. The zero-order chi connectivity index (χ0) is 10.4. The van der Waals surface area contributed by atoms with Crippen LogP contribution in [0.3, 0.4) is 0 Å². The molecule has 0 aromatic carbocycles. The summed E-state index contributed by atoms with van der Waals surface area (Å²) in [6, 6.07) is 0. The van der Waals surface area contributed by atoms with Crippen LogP contribution >= 0.6 is 11.8 Å². The molecule has 0 aromatic rings. The molecule has 0 aliphatic heterocycles. The minimum Gasteiger partial charge on any atom is -0.550 e. The van der Waals surface area contributed by atoms with Crippen LogP contribution in [-0.4, -0.2) is 28.9 Å². The summed E-state index contributed by atoms with van der Waals surface area (Å²) in [6.07, 6.45) is -0.778. The molecular weight excluding hydrogens is 200 g/mol. The monoisotopic (exact) mass is 205 g/mol. The Hall–Kier alpha value is -1.24. The zero-order valence-electron chi connectivity index (χ0n) is 6.35. The molecule has 0 fully saturated rings. The van der Waals surface area contributed by atoms with Crippen molar-refractivity contribution in [3.63, 3.8) is 0 Å². The quantitative estimate of drug-likeness (QED) is 0.430. The van der Waals surface area contributed by atoms with E-state index in [4.69, 9.17) is 0 Å². The van der Waals surface area contributed by atoms with Gasteiger partial charge < -0.3 is 29.7 Å². The van der Waals surface area contributed by atoms with Crippen molar-refractivity contribution < 1.29 is 29.7 Å². The number of aliphatic carboxylic acids is 3. The number of carboxylic acids is 3. The number of carboxylic acid groups (broad SMARTS) is 3. The summed E-state index contributed by atoms with van der Waals surface area (Å²) >= 11 is 0.421. The topological polar surface area (TPSA) is 120 Å². The first-order valence-electron chi connectivity index (χ1n) is 3.15. The highest BCUT2D eigenvalue weighted by atomic mass is 32.2. The number of rotatable bonds is 6. The molecule has 0 bridgehead atoms. The maximum atomic E-state index is 10.2. The lowest BCUT2D eigenvalue weighted by Gasteiger charge is -2.17. The van der Waals surface area contributed by atoms with Gasteiger partial charge in [0.15, 0.2) is 0 Å². The summed E-state index contributed by atoms with van der Waals surface area (Å²) in [5.74, 6) is -5.25. The highest BCUT2D eigenvalue weighted by molar-refractivity contribution is 8.01. The molecule has 0 saturated carbocycles. The molecule has 0 rings (SSSR count). The Morgan fingerprint density at radius 2 is 1.62 bits per heavy atom. The van der Waals surface area contributed by atoms with Crippen LogP contribution in [-0.2, 0) is 14.4 Å². The predicted octanol–water partition coefficient (Wildman–Crippen LogP) is -4.27. The van der Waals surface area contributed by atoms with Gasteiger partial charge in [0, 0.05) is 23.4 Å². The molecule has 0 heterocycles. The second-order valence-electron chi connectivity index (χ2n) is 2.07. The lowest BCUT2D eigenvalue weighted by molar-refractivity contribution is -0.314. The van der Waals surface area contributed by atoms with Crippen molar-refractivity contribution in [2.45, 2.75) is 11.7 Å². The first kappa shape index (κ1) is 11.8. The molecule has 7 heteroatoms. The number of hydrogen-bond acceptors (Lipinski definition) is 7. The second-order valence-corrected chi connectivity index (χ2v) is 3.26. The fourth-order valence-electron chi connectivity index (χ4n) is 0.530. The van der Waals surface area contributed by atoms with E-state index >= 15 is 0 Å². The van der Waals surface area contributed by atoms with Crippen LogP contribution in [0.5, 0.6) is 0 Å². The van der Waals surface area contributed by atoms with E-state index in [2.05, 4.69) is 0 Å². The van der Waals surface area contributed by atoms with Crippen molar-refractivity contribution in [3.05, 3.63) is 0 Å². The Labute approximate surface area is 77.6 Å². The molecule has 13 heavy (non-hydrogen) atoms. The molecular formula is C6H5O6S-3. The first-order valence-corrected chi connectivity index (χ1v) is 4.20. The van der Waals surface area contributed by atoms with Crippen LogP contribution in [0.1, 0.15) is 6.42 Å². The van der Waals surface area contributed by atoms with Gasteiger partial charge in [0.1, 0.15) is 0 Å². The molecule has 0 spiro atoms. The predicted molar refractivity (Wildman–Crippen MR) is 35.9 cm³/mol. The summed E-state index contributed by atoms with van der Waals surface area (Å²) in [4.78, 5) is 30.1. The van der Waals surface area contributed by atoms with Gasteiger partial charge in [-0.05, 0) is 0 Å². The lowest BCUT2D eigenvalue weighted by Crippen LogP contribution is -2.39. The SMILES string of the molecule is O=C([O-])CS[C@@H](CC(=O)[O-])C(=O)[O-]. The average molecular weight is 205 g/mol. The third-order valence-corrected chi connectivity index (χ3v) is 2.18. The molecule has 0 aliphatic carbocycles. The van der Waals surface area contributed by atoms with Gasteiger partial charge >= 0.3 is 0 Å². The van der Waals surface area contributed by atoms with Gasteiger partial charge in [0.2, 0.25) is 0 Å². The molecule has 1 atom stereocenters. The lowest BCUT2D eigenvalue weighted by atomic mass is 10.3. The highest BCUT2D eigenvalue weighted by Crippen LogP contribution is 2.12. The number of hydrogen-bond donors (Lipinski definition) is 0. The largest absolute Gasteiger partial charge is 0.550 e. The van der Waals surface area contributed by atoms with Crippen molar-refractivity contribution >= 4 is 29.7 Å². The van der Waals surface area contributed by atoms with Gasteiger partial charge in [-0.1, -0.05) is 0 Å². The number of carbonyl (C=O) groups is 3. The maximum absolute atomic E-state index is 10.2. The van der Waals surface area contributed by atoms with Crippen LogP contribution in [0.25, 0.3) is 0 Å². The molecule has 74 valence electrons. The van der Waals surface area contributed by atoms with Gasteiger partial charge in [-0.15, -0.1) is 11.8 Å². The molecule has 0 unspecified atom stereocenters. The van der Waals surface area contributed by atoms with Gasteiger partial charge in [-0.25, -0.2) is 0 Å². The fraction of sp³-hybridized carbons (Fsp3) is 0.500. The Bertz CT molecular complexity index is 225. The summed E-state index contributed by atoms with van der Waals surface area (Å²) < 4.78 is 0. The van der Waals surface area contributed by atoms with E-state index in [-0.39, 0.29) is 0 Å². The van der Waals surface area contributed by atoms with Crippen LogP contribution in [0.15, 0.2) is 0 Å². The van der Waals surface area contributed by atoms with Gasteiger partial charge in [0.05, 0.1) is 11.9 Å². The second kappa shape index (κ2) is 5.41. The fourth-order valence-corrected chi connectivity index (χ4v) is 1.26.